The van der Waals surface area contributed by atoms with Gasteiger partial charge in [-0.05, 0) is 24.3 Å². The van der Waals surface area contributed by atoms with Gasteiger partial charge in [0.15, 0.2) is 0 Å². The third kappa shape index (κ3) is 3.60. The van der Waals surface area contributed by atoms with Crippen LogP contribution < -0.4 is 10.5 Å². The van der Waals surface area contributed by atoms with E-state index in [0.717, 1.165) is 11.3 Å². The van der Waals surface area contributed by atoms with E-state index in [-0.39, 0.29) is 12.4 Å². The van der Waals surface area contributed by atoms with Crippen LogP contribution in [0.1, 0.15) is 29.9 Å². The van der Waals surface area contributed by atoms with Gasteiger partial charge in [0.05, 0.1) is 6.61 Å². The number of rotatable bonds is 6. The number of para-hydroxylation sites is 1. The van der Waals surface area contributed by atoms with Crippen molar-refractivity contribution in [3.05, 3.63) is 29.3 Å². The minimum atomic E-state index is 0. The lowest BCUT2D eigenvalue weighted by Gasteiger charge is -2.14. The van der Waals surface area contributed by atoms with Gasteiger partial charge in [0, 0.05) is 19.2 Å². The zero-order valence-corrected chi connectivity index (χ0v) is 11.0. The van der Waals surface area contributed by atoms with Gasteiger partial charge in [-0.15, -0.1) is 12.4 Å². The number of ether oxygens (including phenoxy) is 2. The van der Waals surface area contributed by atoms with Crippen LogP contribution in [-0.4, -0.2) is 20.3 Å². The summed E-state index contributed by atoms with van der Waals surface area (Å²) in [5.41, 5.74) is 8.15. The summed E-state index contributed by atoms with van der Waals surface area (Å²) in [7, 11) is 1.68. The molecule has 1 aromatic rings. The Morgan fingerprint density at radius 2 is 2.06 bits per heavy atom. The summed E-state index contributed by atoms with van der Waals surface area (Å²) in [6.45, 7) is 1.74. The van der Waals surface area contributed by atoms with E-state index in [1.54, 1.807) is 7.11 Å². The van der Waals surface area contributed by atoms with E-state index in [0.29, 0.717) is 25.7 Å². The molecule has 1 aromatic carbocycles. The Labute approximate surface area is 109 Å². The second-order valence-corrected chi connectivity index (χ2v) is 4.16. The molecule has 1 aliphatic carbocycles. The molecule has 4 heteroatoms. The van der Waals surface area contributed by atoms with Gasteiger partial charge in [0.2, 0.25) is 0 Å². The van der Waals surface area contributed by atoms with Crippen LogP contribution in [0.25, 0.3) is 0 Å². The topological polar surface area (TPSA) is 44.5 Å². The van der Waals surface area contributed by atoms with Gasteiger partial charge in [-0.25, -0.2) is 0 Å². The third-order valence-corrected chi connectivity index (χ3v) is 2.90. The maximum absolute atomic E-state index is 5.80. The molecule has 0 atom stereocenters. The first-order valence-corrected chi connectivity index (χ1v) is 5.80. The molecule has 1 saturated carbocycles. The molecular weight excluding hydrogens is 238 g/mol. The highest BCUT2D eigenvalue weighted by molar-refractivity contribution is 5.85. The summed E-state index contributed by atoms with van der Waals surface area (Å²) in [6, 6.07) is 6.26. The monoisotopic (exact) mass is 257 g/mol. The number of methoxy groups -OCH3 is 1. The Morgan fingerprint density at radius 1 is 1.29 bits per heavy atom. The van der Waals surface area contributed by atoms with Crippen molar-refractivity contribution in [2.45, 2.75) is 25.3 Å². The van der Waals surface area contributed by atoms with Crippen molar-refractivity contribution in [2.24, 2.45) is 5.73 Å². The third-order valence-electron chi connectivity index (χ3n) is 2.90. The molecule has 0 aromatic heterocycles. The van der Waals surface area contributed by atoms with Crippen LogP contribution in [0, 0.1) is 0 Å². The lowest BCUT2D eigenvalue weighted by Crippen LogP contribution is -2.09. The molecule has 0 heterocycles. The maximum atomic E-state index is 5.80. The molecule has 0 amide bonds. The molecule has 0 saturated heterocycles. The Hall–Kier alpha value is -0.770. The lowest BCUT2D eigenvalue weighted by atomic mass is 10.0. The largest absolute Gasteiger partial charge is 0.491 e. The lowest BCUT2D eigenvalue weighted by molar-refractivity contribution is 0.145. The highest BCUT2D eigenvalue weighted by atomic mass is 35.5. The van der Waals surface area contributed by atoms with Crippen molar-refractivity contribution in [2.75, 3.05) is 20.3 Å². The van der Waals surface area contributed by atoms with Gasteiger partial charge >= 0.3 is 0 Å². The Balaban J connectivity index is 0.00000144. The van der Waals surface area contributed by atoms with Crippen molar-refractivity contribution in [1.29, 1.82) is 0 Å². The van der Waals surface area contributed by atoms with Gasteiger partial charge in [-0.2, -0.15) is 0 Å². The van der Waals surface area contributed by atoms with Crippen LogP contribution >= 0.6 is 12.4 Å². The highest BCUT2D eigenvalue weighted by Crippen LogP contribution is 2.45. The van der Waals surface area contributed by atoms with Gasteiger partial charge < -0.3 is 15.2 Å². The second kappa shape index (κ2) is 6.84. The predicted octanol–water partition coefficient (Wildman–Crippen LogP) is 2.47. The van der Waals surface area contributed by atoms with Gasteiger partial charge in [0.25, 0.3) is 0 Å². The van der Waals surface area contributed by atoms with Crippen molar-refractivity contribution >= 4 is 12.4 Å². The van der Waals surface area contributed by atoms with Crippen LogP contribution in [0.4, 0.5) is 0 Å². The fourth-order valence-electron chi connectivity index (χ4n) is 1.88. The minimum absolute atomic E-state index is 0. The van der Waals surface area contributed by atoms with E-state index in [4.69, 9.17) is 15.2 Å². The molecule has 0 radical (unpaired) electrons. The number of nitrogens with two attached hydrogens (primary N) is 1. The molecule has 96 valence electrons. The molecule has 1 fully saturated rings. The fourth-order valence-corrected chi connectivity index (χ4v) is 1.88. The molecule has 0 unspecified atom stereocenters. The molecule has 1 aliphatic rings. The van der Waals surface area contributed by atoms with Crippen molar-refractivity contribution in [1.82, 2.24) is 0 Å². The zero-order valence-electron chi connectivity index (χ0n) is 10.1. The highest BCUT2D eigenvalue weighted by Gasteiger charge is 2.27. The van der Waals surface area contributed by atoms with Gasteiger partial charge in [-0.3, -0.25) is 0 Å². The van der Waals surface area contributed by atoms with Crippen LogP contribution in [0.5, 0.6) is 5.75 Å². The van der Waals surface area contributed by atoms with E-state index in [9.17, 15) is 0 Å². The number of hydrogen-bond acceptors (Lipinski definition) is 3. The Kier molecular flexibility index (Phi) is 5.75. The molecule has 0 aliphatic heterocycles. The summed E-state index contributed by atoms with van der Waals surface area (Å²) in [5, 5.41) is 0. The Morgan fingerprint density at radius 3 is 2.65 bits per heavy atom. The molecule has 2 rings (SSSR count). The van der Waals surface area contributed by atoms with Crippen LogP contribution in [0.15, 0.2) is 18.2 Å². The van der Waals surface area contributed by atoms with Crippen molar-refractivity contribution in [3.63, 3.8) is 0 Å². The first-order valence-electron chi connectivity index (χ1n) is 5.80. The van der Waals surface area contributed by atoms with Crippen LogP contribution in [-0.2, 0) is 11.3 Å². The van der Waals surface area contributed by atoms with Crippen LogP contribution in [0.2, 0.25) is 0 Å². The van der Waals surface area contributed by atoms with E-state index >= 15 is 0 Å². The van der Waals surface area contributed by atoms with E-state index in [1.165, 1.54) is 18.4 Å². The average Bonchev–Trinajstić information content (AvgIpc) is 3.13. The fraction of sp³-hybridized carbons (Fsp3) is 0.538. The molecule has 0 bridgehead atoms. The average molecular weight is 258 g/mol. The quantitative estimate of drug-likeness (QED) is 0.797. The molecule has 0 spiro atoms. The number of halogens is 1. The molecule has 3 nitrogen and oxygen atoms in total. The zero-order chi connectivity index (χ0) is 11.4. The standard InChI is InChI=1S/C13H19NO2.ClH/c1-15-7-8-16-13-11(9-14)3-2-4-12(13)10-5-6-10;/h2-4,10H,5-9,14H2,1H3;1H. The first kappa shape index (κ1) is 14.3. The normalized spacial score (nSPS) is 14.2. The smallest absolute Gasteiger partial charge is 0.127 e. The van der Waals surface area contributed by atoms with Crippen molar-refractivity contribution < 1.29 is 9.47 Å². The summed E-state index contributed by atoms with van der Waals surface area (Å²) in [6.07, 6.45) is 2.54. The summed E-state index contributed by atoms with van der Waals surface area (Å²) in [4.78, 5) is 0. The van der Waals surface area contributed by atoms with Gasteiger partial charge in [0.1, 0.15) is 12.4 Å². The first-order chi connectivity index (χ1) is 7.86. The van der Waals surface area contributed by atoms with E-state index in [2.05, 4.69) is 12.1 Å². The van der Waals surface area contributed by atoms with E-state index in [1.807, 2.05) is 6.07 Å². The molecule has 17 heavy (non-hydrogen) atoms. The molecule has 2 N–H and O–H groups in total. The van der Waals surface area contributed by atoms with Crippen LogP contribution in [0.3, 0.4) is 0 Å². The molecular formula is C13H20ClNO2. The van der Waals surface area contributed by atoms with Crippen molar-refractivity contribution in [3.8, 4) is 5.75 Å². The van der Waals surface area contributed by atoms with E-state index < -0.39 is 0 Å². The Bertz CT molecular complexity index is 353. The number of hydrogen-bond donors (Lipinski definition) is 1. The minimum Gasteiger partial charge on any atom is -0.491 e. The summed E-state index contributed by atoms with van der Waals surface area (Å²) >= 11 is 0. The predicted molar refractivity (Wildman–Crippen MR) is 70.9 cm³/mol. The SMILES string of the molecule is COCCOc1c(CN)cccc1C1CC1.Cl. The number of benzene rings is 1. The summed E-state index contributed by atoms with van der Waals surface area (Å²) < 4.78 is 10.8. The maximum Gasteiger partial charge on any atom is 0.127 e. The van der Waals surface area contributed by atoms with Gasteiger partial charge in [-0.1, -0.05) is 18.2 Å². The summed E-state index contributed by atoms with van der Waals surface area (Å²) in [5.74, 6) is 1.67. The second-order valence-electron chi connectivity index (χ2n) is 4.16.